The zero-order valence-corrected chi connectivity index (χ0v) is 54.3. The van der Waals surface area contributed by atoms with Crippen molar-refractivity contribution in [3.05, 3.63) is 12.2 Å². The number of carbonyl (C=O) groups is 11. The normalized spacial score (nSPS) is 16.1. The fourth-order valence-electron chi connectivity index (χ4n) is 9.54. The summed E-state index contributed by atoms with van der Waals surface area (Å²) < 4.78 is 0. The van der Waals surface area contributed by atoms with Crippen molar-refractivity contribution in [1.29, 1.82) is 0 Å². The van der Waals surface area contributed by atoms with E-state index in [4.69, 9.17) is 5.73 Å². The Kier molecular flexibility index (Phi) is 32.6. The Labute approximate surface area is 495 Å². The molecule has 0 radical (unpaired) electrons. The zero-order chi connectivity index (χ0) is 65.0. The molecule has 0 aliphatic rings. The van der Waals surface area contributed by atoms with Gasteiger partial charge in [-0.2, -0.15) is 0 Å². The molecule has 10 amide bonds. The summed E-state index contributed by atoms with van der Waals surface area (Å²) in [6.45, 7) is 27.0. The van der Waals surface area contributed by atoms with E-state index in [0.29, 0.717) is 12.8 Å². The van der Waals surface area contributed by atoms with Crippen LogP contribution in [-0.4, -0.2) is 232 Å². The van der Waals surface area contributed by atoms with E-state index in [2.05, 4.69) is 16.0 Å². The number of hydrogen-bond acceptors (Lipinski definition) is 13. The molecule has 0 saturated heterocycles. The van der Waals surface area contributed by atoms with Crippen LogP contribution in [0.4, 0.5) is 0 Å². The molecule has 0 aliphatic carbocycles. The number of likely N-dealkylation sites (N-methyl/N-ethyl adjacent to an activating group) is 7. The fourth-order valence-corrected chi connectivity index (χ4v) is 9.54. The lowest BCUT2D eigenvalue weighted by atomic mass is 9.91. The third kappa shape index (κ3) is 22.4. The first-order chi connectivity index (χ1) is 38.2. The predicted octanol–water partition coefficient (Wildman–Crippen LogP) is 2.16. The van der Waals surface area contributed by atoms with Crippen LogP contribution in [0.2, 0.25) is 0 Å². The molecule has 0 bridgehead atoms. The summed E-state index contributed by atoms with van der Waals surface area (Å²) in [4.78, 5) is 161. The van der Waals surface area contributed by atoms with Crippen LogP contribution in [0.5, 0.6) is 0 Å². The first-order valence-electron chi connectivity index (χ1n) is 29.2. The Morgan fingerprint density at radius 3 is 1.36 bits per heavy atom. The molecule has 0 aromatic carbocycles. The number of amides is 10. The molecule has 0 rings (SSSR count). The molecule has 0 heterocycles. The van der Waals surface area contributed by atoms with Crippen molar-refractivity contribution in [3.8, 4) is 0 Å². The molecule has 24 heteroatoms. The molecule has 7 N–H and O–H groups in total. The molecule has 12 atom stereocenters. The predicted molar refractivity (Wildman–Crippen MR) is 318 cm³/mol. The topological polar surface area (TPSA) is 313 Å². The van der Waals surface area contributed by atoms with Crippen LogP contribution in [-0.2, 0) is 52.7 Å². The largest absolute Gasteiger partial charge is 0.480 e. The van der Waals surface area contributed by atoms with Gasteiger partial charge in [0.1, 0.15) is 54.4 Å². The van der Waals surface area contributed by atoms with Crippen LogP contribution >= 0.6 is 0 Å². The van der Waals surface area contributed by atoms with Gasteiger partial charge in [-0.25, -0.2) is 4.79 Å². The number of nitrogens with one attached hydrogen (secondary N) is 3. The highest BCUT2D eigenvalue weighted by atomic mass is 16.4. The molecule has 0 aromatic rings. The Morgan fingerprint density at radius 2 is 0.928 bits per heavy atom. The summed E-state index contributed by atoms with van der Waals surface area (Å²) in [5.74, 6) is -9.50. The van der Waals surface area contributed by atoms with Gasteiger partial charge in [-0.1, -0.05) is 95.2 Å². The van der Waals surface area contributed by atoms with E-state index >= 15 is 9.59 Å². The maximum absolute atomic E-state index is 15.1. The maximum Gasteiger partial charge on any atom is 0.326 e. The molecule has 0 unspecified atom stereocenters. The van der Waals surface area contributed by atoms with Gasteiger partial charge in [0.2, 0.25) is 59.1 Å². The Morgan fingerprint density at radius 1 is 0.494 bits per heavy atom. The van der Waals surface area contributed by atoms with Crippen molar-refractivity contribution < 1.29 is 63.0 Å². The third-order valence-corrected chi connectivity index (χ3v) is 15.3. The maximum atomic E-state index is 15.1. The van der Waals surface area contributed by atoms with E-state index in [9.17, 15) is 53.4 Å². The minimum absolute atomic E-state index is 0.000916. The Bertz CT molecular complexity index is 2240. The van der Waals surface area contributed by atoms with Gasteiger partial charge in [-0.15, -0.1) is 0 Å². The monoisotopic (exact) mass is 1180 g/mol. The molecule has 83 heavy (non-hydrogen) atoms. The SMILES string of the molecule is C/C=C/C[C@@H](C)[C@@H](O)[C@@H](C(=O)N[C@@H](CC)C(=O)N(C)CC(=O)N(C)[C@@H](C)C(=O)O)N(C)C(=O)[C@H](C(C)C)N(C)C(=O)[C@H](CC(C)C)N(C)C(=O)[C@H](CC(C)C)N(C)C(=O)[C@@H](C)NC(=O)[C@H](C)NC(=O)[C@H](CC(C)C)N(C)C(=O)[C@@H](N)C(C)C. The number of aliphatic carboxylic acids is 1. The molecular formula is C59H107N11O13. The third-order valence-electron chi connectivity index (χ3n) is 15.3. The second kappa shape index (κ2) is 35.2. The van der Waals surface area contributed by atoms with E-state index in [1.807, 2.05) is 41.5 Å². The van der Waals surface area contributed by atoms with E-state index in [-0.39, 0.29) is 42.9 Å². The minimum atomic E-state index is -1.61. The lowest BCUT2D eigenvalue weighted by molar-refractivity contribution is -0.157. The minimum Gasteiger partial charge on any atom is -0.480 e. The number of aliphatic hydroxyl groups is 1. The molecule has 24 nitrogen and oxygen atoms in total. The van der Waals surface area contributed by atoms with Crippen molar-refractivity contribution in [2.75, 3.05) is 55.9 Å². The van der Waals surface area contributed by atoms with Crippen LogP contribution in [0.3, 0.4) is 0 Å². The van der Waals surface area contributed by atoms with E-state index < -0.39 is 150 Å². The van der Waals surface area contributed by atoms with E-state index in [0.717, 1.165) is 14.7 Å². The molecule has 0 fully saturated rings. The summed E-state index contributed by atoms with van der Waals surface area (Å²) in [5.41, 5.74) is 6.14. The number of aliphatic hydroxyl groups excluding tert-OH is 1. The van der Waals surface area contributed by atoms with Gasteiger partial charge < -0.3 is 66.2 Å². The van der Waals surface area contributed by atoms with Gasteiger partial charge in [-0.05, 0) is 95.3 Å². The number of carbonyl (C=O) groups excluding carboxylic acids is 10. The standard InChI is InChI=1S/C59H107N11O13/c1-24-26-27-37(13)49(72)48(52(75)63-41(25-2)54(77)64(17)31-45(71)65(18)40(16)59(82)83)70(23)58(81)47(36(11)12)69(22)56(79)44(30-34(7)8)68(21)55(78)43(29-33(5)6)67(20)53(76)39(15)62-50(73)38(14)61-51(74)42(28-32(3)4)66(19)57(80)46(60)35(9)10/h24,26,32-44,46-49,72H,25,27-31,60H2,1-23H3,(H,61,74)(H,62,73)(H,63,75)(H,82,83)/b26-24+/t37-,38+,39-,40+,41+,42+,43+,44+,46+,47+,48+,49-/m1/s1. The first-order valence-corrected chi connectivity index (χ1v) is 29.2. The number of carboxylic acids is 1. The average molecular weight is 1180 g/mol. The average Bonchev–Trinajstić information content (AvgIpc) is 3.44. The summed E-state index contributed by atoms with van der Waals surface area (Å²) in [6, 6.07) is -11.7. The first kappa shape index (κ1) is 76.8. The van der Waals surface area contributed by atoms with Crippen LogP contribution in [0.25, 0.3) is 0 Å². The molecule has 476 valence electrons. The van der Waals surface area contributed by atoms with Crippen LogP contribution < -0.4 is 21.7 Å². The summed E-state index contributed by atoms with van der Waals surface area (Å²) in [6.07, 6.45) is 2.96. The Hall–Kier alpha value is -6.17. The fraction of sp³-hybridized carbons (Fsp3) is 0.780. The second-order valence-electron chi connectivity index (χ2n) is 24.5. The van der Waals surface area contributed by atoms with Gasteiger partial charge in [0.25, 0.3) is 0 Å². The quantitative estimate of drug-likeness (QED) is 0.0504. The van der Waals surface area contributed by atoms with Crippen molar-refractivity contribution in [2.45, 2.75) is 209 Å². The molecular weight excluding hydrogens is 1070 g/mol. The van der Waals surface area contributed by atoms with Crippen molar-refractivity contribution in [2.24, 2.45) is 41.2 Å². The summed E-state index contributed by atoms with van der Waals surface area (Å²) >= 11 is 0. The smallest absolute Gasteiger partial charge is 0.326 e. The van der Waals surface area contributed by atoms with Gasteiger partial charge >= 0.3 is 5.97 Å². The molecule has 0 aromatic heterocycles. The van der Waals surface area contributed by atoms with Gasteiger partial charge in [0, 0.05) is 49.3 Å². The highest BCUT2D eigenvalue weighted by Crippen LogP contribution is 2.25. The van der Waals surface area contributed by atoms with Crippen LogP contribution in [0.15, 0.2) is 12.2 Å². The lowest BCUT2D eigenvalue weighted by Crippen LogP contribution is -2.63. The number of rotatable bonds is 34. The van der Waals surface area contributed by atoms with Gasteiger partial charge in [-0.3, -0.25) is 47.9 Å². The van der Waals surface area contributed by atoms with Crippen LogP contribution in [0, 0.1) is 35.5 Å². The zero-order valence-electron chi connectivity index (χ0n) is 54.3. The van der Waals surface area contributed by atoms with Crippen LogP contribution in [0.1, 0.15) is 143 Å². The van der Waals surface area contributed by atoms with Crippen molar-refractivity contribution in [1.82, 2.24) is 50.2 Å². The summed E-state index contributed by atoms with van der Waals surface area (Å²) in [7, 11) is 9.73. The lowest BCUT2D eigenvalue weighted by Gasteiger charge is -2.41. The van der Waals surface area contributed by atoms with E-state index in [1.165, 1.54) is 89.7 Å². The van der Waals surface area contributed by atoms with Crippen molar-refractivity contribution in [3.63, 3.8) is 0 Å². The summed E-state index contributed by atoms with van der Waals surface area (Å²) in [5, 5.41) is 29.3. The van der Waals surface area contributed by atoms with Gasteiger partial charge in [0.05, 0.1) is 18.7 Å². The highest BCUT2D eigenvalue weighted by molar-refractivity contribution is 5.98. The number of nitrogens with zero attached hydrogens (tertiary/aromatic N) is 7. The van der Waals surface area contributed by atoms with Gasteiger partial charge in [0.15, 0.2) is 0 Å². The molecule has 0 spiro atoms. The number of allylic oxidation sites excluding steroid dienone is 2. The Balaban J connectivity index is 7.03. The number of nitrogens with two attached hydrogens (primary N) is 1. The molecule has 0 aliphatic heterocycles. The molecule has 0 saturated carbocycles. The van der Waals surface area contributed by atoms with Crippen molar-refractivity contribution >= 4 is 65.0 Å². The van der Waals surface area contributed by atoms with E-state index in [1.54, 1.807) is 60.6 Å². The second-order valence-corrected chi connectivity index (χ2v) is 24.5. The number of carboxylic acid groups (broad SMARTS) is 1. The highest BCUT2D eigenvalue weighted by Gasteiger charge is 2.45. The number of hydrogen-bond donors (Lipinski definition) is 6.